The van der Waals surface area contributed by atoms with Crippen LogP contribution in [0.3, 0.4) is 0 Å². The zero-order chi connectivity index (χ0) is 20.9. The molecule has 0 atom stereocenters. The van der Waals surface area contributed by atoms with Crippen molar-refractivity contribution in [2.75, 3.05) is 33.2 Å². The number of carbonyl (C=O) groups is 1. The van der Waals surface area contributed by atoms with E-state index in [1.807, 2.05) is 42.2 Å². The molecule has 1 amide bonds. The highest BCUT2D eigenvalue weighted by atomic mass is 16.2. The molecule has 0 aliphatic carbocycles. The summed E-state index contributed by atoms with van der Waals surface area (Å²) in [5, 5.41) is 6.44. The number of amides is 1. The van der Waals surface area contributed by atoms with E-state index in [0.29, 0.717) is 31.1 Å². The normalized spacial score (nSPS) is 12.0. The molecule has 0 aliphatic heterocycles. The van der Waals surface area contributed by atoms with Gasteiger partial charge in [-0.05, 0) is 46.6 Å². The molecule has 28 heavy (non-hydrogen) atoms. The first-order valence-corrected chi connectivity index (χ1v) is 10.4. The first kappa shape index (κ1) is 24.0. The van der Waals surface area contributed by atoms with Crippen LogP contribution in [0.25, 0.3) is 0 Å². The number of likely N-dealkylation sites (N-methyl/N-ethyl adjacent to an activating group) is 1. The van der Waals surface area contributed by atoms with Crippen LogP contribution in [-0.4, -0.2) is 67.0 Å². The van der Waals surface area contributed by atoms with Gasteiger partial charge < -0.3 is 15.5 Å². The van der Waals surface area contributed by atoms with Crippen LogP contribution >= 0.6 is 0 Å². The average Bonchev–Trinajstić information content (AvgIpc) is 2.68. The first-order valence-electron chi connectivity index (χ1n) is 10.4. The van der Waals surface area contributed by atoms with Gasteiger partial charge in [-0.25, -0.2) is 0 Å². The summed E-state index contributed by atoms with van der Waals surface area (Å²) in [6, 6.07) is 11.2. The van der Waals surface area contributed by atoms with Crippen LogP contribution in [0.15, 0.2) is 35.3 Å². The zero-order valence-corrected chi connectivity index (χ0v) is 18.5. The largest absolute Gasteiger partial charge is 0.356 e. The summed E-state index contributed by atoms with van der Waals surface area (Å²) in [7, 11) is 1.73. The predicted molar refractivity (Wildman–Crippen MR) is 118 cm³/mol. The minimum absolute atomic E-state index is 0.0695. The molecular formula is C22H39N5O. The van der Waals surface area contributed by atoms with Crippen LogP contribution in [0, 0.1) is 0 Å². The fourth-order valence-electron chi connectivity index (χ4n) is 3.25. The molecule has 0 saturated heterocycles. The Bertz CT molecular complexity index is 578. The van der Waals surface area contributed by atoms with E-state index < -0.39 is 0 Å². The summed E-state index contributed by atoms with van der Waals surface area (Å²) in [5.74, 6) is 0.741. The van der Waals surface area contributed by atoms with Crippen molar-refractivity contribution in [1.29, 1.82) is 0 Å². The van der Waals surface area contributed by atoms with E-state index in [2.05, 4.69) is 48.2 Å². The molecule has 1 aromatic carbocycles. The maximum Gasteiger partial charge on any atom is 0.242 e. The Morgan fingerprint density at radius 2 is 1.71 bits per heavy atom. The Morgan fingerprint density at radius 1 is 1.07 bits per heavy atom. The summed E-state index contributed by atoms with van der Waals surface area (Å²) in [6.07, 6.45) is 1.03. The molecule has 158 valence electrons. The van der Waals surface area contributed by atoms with Crippen LogP contribution in [0.1, 0.15) is 46.6 Å². The lowest BCUT2D eigenvalue weighted by atomic mass is 10.2. The van der Waals surface area contributed by atoms with Gasteiger partial charge >= 0.3 is 0 Å². The second-order valence-electron chi connectivity index (χ2n) is 7.52. The molecule has 0 bridgehead atoms. The molecule has 1 aromatic rings. The summed E-state index contributed by atoms with van der Waals surface area (Å²) in [6.45, 7) is 14.3. The fourth-order valence-corrected chi connectivity index (χ4v) is 3.25. The van der Waals surface area contributed by atoms with Crippen molar-refractivity contribution >= 4 is 11.9 Å². The summed E-state index contributed by atoms with van der Waals surface area (Å²) < 4.78 is 0. The maximum atomic E-state index is 12.5. The highest BCUT2D eigenvalue weighted by Gasteiger charge is 2.14. The molecule has 0 spiro atoms. The van der Waals surface area contributed by atoms with Crippen molar-refractivity contribution in [3.63, 3.8) is 0 Å². The highest BCUT2D eigenvalue weighted by Crippen LogP contribution is 2.05. The predicted octanol–water partition coefficient (Wildman–Crippen LogP) is 2.71. The quantitative estimate of drug-likeness (QED) is 0.347. The van der Waals surface area contributed by atoms with E-state index in [4.69, 9.17) is 0 Å². The van der Waals surface area contributed by atoms with Crippen molar-refractivity contribution < 1.29 is 4.79 Å². The topological polar surface area (TPSA) is 60.0 Å². The standard InChI is InChI=1S/C22H39N5O/c1-7-26(17-20-12-9-8-10-13-20)21(28)16-25-22(23-6)24-14-11-15-27(18(2)3)19(4)5/h8-10,12-13,18-19H,7,11,14-17H2,1-6H3,(H2,23,24,25). The smallest absolute Gasteiger partial charge is 0.242 e. The molecule has 1 rings (SSSR count). The number of nitrogens with zero attached hydrogens (tertiary/aromatic N) is 3. The molecule has 0 aliphatic rings. The maximum absolute atomic E-state index is 12.5. The Labute approximate surface area is 171 Å². The highest BCUT2D eigenvalue weighted by molar-refractivity contribution is 5.86. The lowest BCUT2D eigenvalue weighted by Gasteiger charge is -2.30. The molecule has 2 N–H and O–H groups in total. The molecule has 0 fully saturated rings. The zero-order valence-electron chi connectivity index (χ0n) is 18.5. The minimum Gasteiger partial charge on any atom is -0.356 e. The van der Waals surface area contributed by atoms with Crippen LogP contribution in [0.5, 0.6) is 0 Å². The lowest BCUT2D eigenvalue weighted by molar-refractivity contribution is -0.130. The second kappa shape index (κ2) is 13.2. The summed E-state index contributed by atoms with van der Waals surface area (Å²) in [5.41, 5.74) is 1.14. The van der Waals surface area contributed by atoms with E-state index in [1.54, 1.807) is 7.05 Å². The fraction of sp³-hybridized carbons (Fsp3) is 0.636. The third-order valence-electron chi connectivity index (χ3n) is 4.79. The van der Waals surface area contributed by atoms with Crippen molar-refractivity contribution in [3.8, 4) is 0 Å². The molecule has 6 heteroatoms. The molecule has 6 nitrogen and oxygen atoms in total. The summed E-state index contributed by atoms with van der Waals surface area (Å²) >= 11 is 0. The number of aliphatic imine (C=N–C) groups is 1. The number of guanidine groups is 1. The first-order chi connectivity index (χ1) is 13.4. The Hall–Kier alpha value is -2.08. The number of hydrogen-bond donors (Lipinski definition) is 2. The lowest BCUT2D eigenvalue weighted by Crippen LogP contribution is -2.45. The number of rotatable bonds is 11. The number of carbonyl (C=O) groups excluding carboxylic acids is 1. The van der Waals surface area contributed by atoms with Gasteiger partial charge in [0, 0.05) is 45.3 Å². The van der Waals surface area contributed by atoms with Gasteiger partial charge in [0.1, 0.15) is 0 Å². The van der Waals surface area contributed by atoms with Crippen molar-refractivity contribution in [3.05, 3.63) is 35.9 Å². The van der Waals surface area contributed by atoms with Gasteiger partial charge in [-0.2, -0.15) is 0 Å². The molecular weight excluding hydrogens is 350 g/mol. The van der Waals surface area contributed by atoms with Gasteiger partial charge in [0.15, 0.2) is 5.96 Å². The van der Waals surface area contributed by atoms with Gasteiger partial charge in [-0.3, -0.25) is 14.7 Å². The van der Waals surface area contributed by atoms with E-state index >= 15 is 0 Å². The molecule has 0 saturated carbocycles. The van der Waals surface area contributed by atoms with Crippen LogP contribution in [0.4, 0.5) is 0 Å². The van der Waals surface area contributed by atoms with Crippen LogP contribution in [-0.2, 0) is 11.3 Å². The van der Waals surface area contributed by atoms with Crippen LogP contribution < -0.4 is 10.6 Å². The van der Waals surface area contributed by atoms with Crippen molar-refractivity contribution in [1.82, 2.24) is 20.4 Å². The van der Waals surface area contributed by atoms with Gasteiger partial charge in [0.05, 0.1) is 6.54 Å². The van der Waals surface area contributed by atoms with E-state index in [0.717, 1.165) is 25.1 Å². The molecule has 0 heterocycles. The Kier molecular flexibility index (Phi) is 11.3. The Balaban J connectivity index is 2.38. The van der Waals surface area contributed by atoms with Gasteiger partial charge in [-0.15, -0.1) is 0 Å². The Morgan fingerprint density at radius 3 is 2.25 bits per heavy atom. The molecule has 0 radical (unpaired) electrons. The molecule has 0 unspecified atom stereocenters. The van der Waals surface area contributed by atoms with Gasteiger partial charge in [0.25, 0.3) is 0 Å². The average molecular weight is 390 g/mol. The third kappa shape index (κ3) is 8.74. The van der Waals surface area contributed by atoms with Gasteiger partial charge in [-0.1, -0.05) is 30.3 Å². The van der Waals surface area contributed by atoms with Crippen LogP contribution in [0.2, 0.25) is 0 Å². The monoisotopic (exact) mass is 389 g/mol. The van der Waals surface area contributed by atoms with E-state index in [-0.39, 0.29) is 12.5 Å². The van der Waals surface area contributed by atoms with Gasteiger partial charge in [0.2, 0.25) is 5.91 Å². The number of benzene rings is 1. The third-order valence-corrected chi connectivity index (χ3v) is 4.79. The number of nitrogens with one attached hydrogen (secondary N) is 2. The summed E-state index contributed by atoms with van der Waals surface area (Å²) in [4.78, 5) is 21.1. The minimum atomic E-state index is 0.0695. The van der Waals surface area contributed by atoms with E-state index in [1.165, 1.54) is 0 Å². The van der Waals surface area contributed by atoms with Crippen molar-refractivity contribution in [2.45, 2.75) is 59.7 Å². The SMILES string of the molecule is CCN(Cc1ccccc1)C(=O)CNC(=NC)NCCCN(C(C)C)C(C)C. The number of hydrogen-bond acceptors (Lipinski definition) is 3. The van der Waals surface area contributed by atoms with E-state index in [9.17, 15) is 4.79 Å². The molecule has 0 aromatic heterocycles. The van der Waals surface area contributed by atoms with Crippen molar-refractivity contribution in [2.24, 2.45) is 4.99 Å². The second-order valence-corrected chi connectivity index (χ2v) is 7.52.